The molecule has 1 N–H and O–H groups in total. The molecule has 4 aromatic carbocycles. The van der Waals surface area contributed by atoms with Crippen LogP contribution in [0.15, 0.2) is 127 Å². The van der Waals surface area contributed by atoms with Crippen LogP contribution in [0.5, 0.6) is 0 Å². The van der Waals surface area contributed by atoms with Crippen LogP contribution < -0.4 is 15.1 Å². The monoisotopic (exact) mass is 540 g/mol. The van der Waals surface area contributed by atoms with Gasteiger partial charge in [0, 0.05) is 28.4 Å². The summed E-state index contributed by atoms with van der Waals surface area (Å²) in [6, 6.07) is 32.8. The van der Waals surface area contributed by atoms with Crippen molar-refractivity contribution in [2.45, 2.75) is 6.54 Å². The fraction of sp³-hybridized carbons (Fsp3) is 0.0303. The molecule has 1 aromatic heterocycles. The molecule has 0 aliphatic carbocycles. The van der Waals surface area contributed by atoms with Crippen molar-refractivity contribution >= 4 is 57.8 Å². The van der Waals surface area contributed by atoms with Crippen LogP contribution in [-0.2, 0) is 20.9 Å². The summed E-state index contributed by atoms with van der Waals surface area (Å²) >= 11 is 0. The Morgan fingerprint density at radius 1 is 0.659 bits per heavy atom. The molecule has 8 heteroatoms. The standard InChI is InChI=1S/C33H24N4O4/c38-30(34-24-12-4-1-5-13-24)22-35-21-23(27-18-10-11-19-29(27)35)20-28-31(39)36(25-14-6-2-7-15-25)33(41)37(32(28)40)26-16-8-3-9-17-26/h1-21H,22H2,(H,34,38). The van der Waals surface area contributed by atoms with Gasteiger partial charge in [-0.2, -0.15) is 0 Å². The Hall–Kier alpha value is -5.76. The van der Waals surface area contributed by atoms with Crippen molar-refractivity contribution in [1.82, 2.24) is 4.57 Å². The molecule has 0 bridgehead atoms. The number of nitrogens with one attached hydrogen (secondary N) is 1. The number of barbiturate groups is 1. The molecule has 0 radical (unpaired) electrons. The van der Waals surface area contributed by atoms with Gasteiger partial charge in [0.15, 0.2) is 0 Å². The van der Waals surface area contributed by atoms with Gasteiger partial charge in [0.05, 0.1) is 11.4 Å². The fourth-order valence-electron chi connectivity index (χ4n) is 4.89. The van der Waals surface area contributed by atoms with Gasteiger partial charge < -0.3 is 9.88 Å². The third-order valence-corrected chi connectivity index (χ3v) is 6.77. The number of anilines is 3. The fourth-order valence-corrected chi connectivity index (χ4v) is 4.89. The van der Waals surface area contributed by atoms with Crippen molar-refractivity contribution in [3.63, 3.8) is 0 Å². The number of benzene rings is 4. The second-order valence-electron chi connectivity index (χ2n) is 9.44. The van der Waals surface area contributed by atoms with E-state index in [-0.39, 0.29) is 18.0 Å². The Labute approximate surface area is 235 Å². The van der Waals surface area contributed by atoms with Gasteiger partial charge in [0.2, 0.25) is 5.91 Å². The normalized spacial score (nSPS) is 13.6. The molecule has 200 valence electrons. The van der Waals surface area contributed by atoms with E-state index in [1.807, 2.05) is 42.5 Å². The number of hydrogen-bond donors (Lipinski definition) is 1. The smallest absolute Gasteiger partial charge is 0.337 e. The summed E-state index contributed by atoms with van der Waals surface area (Å²) in [6.45, 7) is 0.0191. The molecule has 2 heterocycles. The van der Waals surface area contributed by atoms with E-state index >= 15 is 0 Å². The first-order valence-electron chi connectivity index (χ1n) is 13.0. The Morgan fingerprint density at radius 2 is 1.17 bits per heavy atom. The number of urea groups is 1. The highest BCUT2D eigenvalue weighted by atomic mass is 16.2. The van der Waals surface area contributed by atoms with E-state index in [1.54, 1.807) is 83.6 Å². The van der Waals surface area contributed by atoms with Gasteiger partial charge in [-0.25, -0.2) is 14.6 Å². The molecular weight excluding hydrogens is 516 g/mol. The third kappa shape index (κ3) is 4.90. The van der Waals surface area contributed by atoms with E-state index in [9.17, 15) is 19.2 Å². The van der Waals surface area contributed by atoms with Gasteiger partial charge in [-0.05, 0) is 48.5 Å². The second kappa shape index (κ2) is 10.8. The molecule has 0 atom stereocenters. The summed E-state index contributed by atoms with van der Waals surface area (Å²) in [5.74, 6) is -1.67. The second-order valence-corrected chi connectivity index (χ2v) is 9.44. The zero-order chi connectivity index (χ0) is 28.3. The average Bonchev–Trinajstić information content (AvgIpc) is 3.33. The van der Waals surface area contributed by atoms with Gasteiger partial charge in [0.1, 0.15) is 12.1 Å². The topological polar surface area (TPSA) is 91.7 Å². The molecule has 1 saturated heterocycles. The molecule has 0 saturated carbocycles. The summed E-state index contributed by atoms with van der Waals surface area (Å²) in [4.78, 5) is 56.0. The molecule has 5 amide bonds. The molecule has 0 spiro atoms. The predicted molar refractivity (Wildman–Crippen MR) is 158 cm³/mol. The maximum absolute atomic E-state index is 13.8. The number of amides is 5. The van der Waals surface area contributed by atoms with Crippen LogP contribution in [0.3, 0.4) is 0 Å². The summed E-state index contributed by atoms with van der Waals surface area (Å²) in [6.07, 6.45) is 3.23. The lowest BCUT2D eigenvalue weighted by molar-refractivity contribution is -0.121. The van der Waals surface area contributed by atoms with Gasteiger partial charge in [-0.3, -0.25) is 14.4 Å². The van der Waals surface area contributed by atoms with Crippen molar-refractivity contribution < 1.29 is 19.2 Å². The van der Waals surface area contributed by atoms with Crippen molar-refractivity contribution in [2.75, 3.05) is 15.1 Å². The number of imide groups is 2. The quantitative estimate of drug-likeness (QED) is 0.216. The van der Waals surface area contributed by atoms with Crippen molar-refractivity contribution in [2.24, 2.45) is 0 Å². The minimum atomic E-state index is -0.755. The molecule has 5 aromatic rings. The van der Waals surface area contributed by atoms with E-state index in [0.717, 1.165) is 20.7 Å². The van der Waals surface area contributed by atoms with Crippen LogP contribution in [0.25, 0.3) is 17.0 Å². The zero-order valence-corrected chi connectivity index (χ0v) is 21.8. The highest BCUT2D eigenvalue weighted by Gasteiger charge is 2.43. The molecule has 1 aliphatic rings. The Morgan fingerprint density at radius 3 is 1.76 bits per heavy atom. The van der Waals surface area contributed by atoms with Crippen molar-refractivity contribution in [3.05, 3.63) is 133 Å². The molecule has 6 rings (SSSR count). The molecular formula is C33H24N4O4. The first kappa shape index (κ1) is 25.5. The SMILES string of the molecule is O=C(Cn1cc(C=C2C(=O)N(c3ccccc3)C(=O)N(c3ccccc3)C2=O)c2ccccc21)Nc1ccccc1. The number of hydrogen-bond acceptors (Lipinski definition) is 4. The van der Waals surface area contributed by atoms with E-state index in [1.165, 1.54) is 6.08 Å². The van der Waals surface area contributed by atoms with E-state index < -0.39 is 17.8 Å². The molecule has 0 unspecified atom stereocenters. The third-order valence-electron chi connectivity index (χ3n) is 6.77. The average molecular weight is 541 g/mol. The van der Waals surface area contributed by atoms with Crippen molar-refractivity contribution in [3.8, 4) is 0 Å². The zero-order valence-electron chi connectivity index (χ0n) is 21.8. The number of carbonyl (C=O) groups is 4. The number of carbonyl (C=O) groups excluding carboxylic acids is 4. The van der Waals surface area contributed by atoms with Gasteiger partial charge in [0.25, 0.3) is 11.8 Å². The van der Waals surface area contributed by atoms with Crippen molar-refractivity contribution in [1.29, 1.82) is 0 Å². The maximum Gasteiger partial charge on any atom is 0.343 e. The Kier molecular flexibility index (Phi) is 6.71. The van der Waals surface area contributed by atoms with Crippen LogP contribution >= 0.6 is 0 Å². The van der Waals surface area contributed by atoms with E-state index in [0.29, 0.717) is 22.6 Å². The molecule has 8 nitrogen and oxygen atoms in total. The number of nitrogens with zero attached hydrogens (tertiary/aromatic N) is 3. The molecule has 1 aliphatic heterocycles. The number of fused-ring (bicyclic) bond motifs is 1. The van der Waals surface area contributed by atoms with E-state index in [4.69, 9.17) is 0 Å². The summed E-state index contributed by atoms with van der Waals surface area (Å²) < 4.78 is 1.77. The number of aromatic nitrogens is 1. The molecule has 1 fully saturated rings. The lowest BCUT2D eigenvalue weighted by Crippen LogP contribution is -2.57. The minimum absolute atomic E-state index is 0.0191. The van der Waals surface area contributed by atoms with Crippen LogP contribution in [-0.4, -0.2) is 28.3 Å². The number of para-hydroxylation sites is 4. The van der Waals surface area contributed by atoms with Gasteiger partial charge in [-0.15, -0.1) is 0 Å². The van der Waals surface area contributed by atoms with Crippen LogP contribution in [0.1, 0.15) is 5.56 Å². The number of rotatable bonds is 6. The predicted octanol–water partition coefficient (Wildman–Crippen LogP) is 5.86. The summed E-state index contributed by atoms with van der Waals surface area (Å²) in [5.41, 5.74) is 2.54. The first-order chi connectivity index (χ1) is 20.0. The lowest BCUT2D eigenvalue weighted by Gasteiger charge is -2.33. The summed E-state index contributed by atoms with van der Waals surface area (Å²) in [5, 5.41) is 3.63. The van der Waals surface area contributed by atoms with Gasteiger partial charge in [-0.1, -0.05) is 72.8 Å². The summed E-state index contributed by atoms with van der Waals surface area (Å²) in [7, 11) is 0. The highest BCUT2D eigenvalue weighted by molar-refractivity contribution is 6.46. The van der Waals surface area contributed by atoms with Crippen LogP contribution in [0.4, 0.5) is 21.9 Å². The Bertz CT molecular complexity index is 1750. The van der Waals surface area contributed by atoms with E-state index in [2.05, 4.69) is 5.32 Å². The largest absolute Gasteiger partial charge is 0.343 e. The maximum atomic E-state index is 13.8. The lowest BCUT2D eigenvalue weighted by atomic mass is 10.0. The van der Waals surface area contributed by atoms with Crippen LogP contribution in [0, 0.1) is 0 Å². The Balaban J connectivity index is 1.42. The highest BCUT2D eigenvalue weighted by Crippen LogP contribution is 2.31. The van der Waals surface area contributed by atoms with Gasteiger partial charge >= 0.3 is 6.03 Å². The minimum Gasteiger partial charge on any atom is -0.337 e. The first-order valence-corrected chi connectivity index (χ1v) is 13.0. The van der Waals surface area contributed by atoms with Crippen LogP contribution in [0.2, 0.25) is 0 Å². The molecule has 41 heavy (non-hydrogen) atoms.